The Hall–Kier alpha value is -1.79. The van der Waals surface area contributed by atoms with Gasteiger partial charge >= 0.3 is 0 Å². The van der Waals surface area contributed by atoms with E-state index in [4.69, 9.17) is 6.42 Å². The molecule has 1 amide bonds. The number of carbonyl (C=O) groups excluding carboxylic acids is 1. The lowest BCUT2D eigenvalue weighted by Gasteiger charge is -2.17. The molecule has 0 bridgehead atoms. The zero-order valence-electron chi connectivity index (χ0n) is 9.75. The molecule has 17 heavy (non-hydrogen) atoms. The minimum absolute atomic E-state index is 0.0476. The van der Waals surface area contributed by atoms with Crippen LogP contribution in [0.15, 0.2) is 18.2 Å². The van der Waals surface area contributed by atoms with Crippen LogP contribution in [0.1, 0.15) is 27.9 Å². The van der Waals surface area contributed by atoms with Gasteiger partial charge in [0.15, 0.2) is 0 Å². The van der Waals surface area contributed by atoms with Crippen molar-refractivity contribution >= 4 is 5.91 Å². The predicted octanol–water partition coefficient (Wildman–Crippen LogP) is 1.09. The molecule has 3 nitrogen and oxygen atoms in total. The summed E-state index contributed by atoms with van der Waals surface area (Å²) in [6.07, 6.45) is 6.74. The number of terminal acetylenes is 1. The number of carbonyl (C=O) groups is 1. The van der Waals surface area contributed by atoms with Crippen LogP contribution in [0.25, 0.3) is 0 Å². The summed E-state index contributed by atoms with van der Waals surface area (Å²) in [5.74, 6) is 2.45. The molecule has 2 rings (SSSR count). The van der Waals surface area contributed by atoms with Gasteiger partial charge in [0.25, 0.3) is 5.91 Å². The van der Waals surface area contributed by atoms with Crippen molar-refractivity contribution in [3.63, 3.8) is 0 Å². The van der Waals surface area contributed by atoms with Gasteiger partial charge in [0.2, 0.25) is 0 Å². The molecular formula is C14H16N2O. The number of fused-ring (bicyclic) bond motifs is 1. The van der Waals surface area contributed by atoms with E-state index in [9.17, 15) is 4.79 Å². The summed E-state index contributed by atoms with van der Waals surface area (Å²) >= 11 is 0. The fraction of sp³-hybridized carbons (Fsp3) is 0.357. The summed E-state index contributed by atoms with van der Waals surface area (Å²) in [7, 11) is 0. The summed E-state index contributed by atoms with van der Waals surface area (Å²) < 4.78 is 0. The van der Waals surface area contributed by atoms with Gasteiger partial charge < -0.3 is 10.6 Å². The van der Waals surface area contributed by atoms with Gasteiger partial charge in [-0.25, -0.2) is 0 Å². The van der Waals surface area contributed by atoms with Crippen molar-refractivity contribution in [2.75, 3.05) is 13.1 Å². The number of hydrogen-bond donors (Lipinski definition) is 2. The second-order valence-electron chi connectivity index (χ2n) is 4.12. The molecule has 0 atom stereocenters. The smallest absolute Gasteiger partial charge is 0.251 e. The fourth-order valence-electron chi connectivity index (χ4n) is 1.97. The summed E-state index contributed by atoms with van der Waals surface area (Å²) in [6.45, 7) is 2.40. The molecule has 1 aliphatic rings. The minimum Gasteiger partial charge on any atom is -0.351 e. The third-order valence-corrected chi connectivity index (χ3v) is 2.91. The van der Waals surface area contributed by atoms with Gasteiger partial charge in [-0.2, -0.15) is 0 Å². The Morgan fingerprint density at radius 3 is 3.18 bits per heavy atom. The standard InChI is InChI=1S/C14H16N2O/c1-2-3-7-16-14(17)12-5-4-11-6-8-15-10-13(11)9-12/h1,4-5,9,15H,3,6-8,10H2,(H,16,17). The SMILES string of the molecule is C#CCCNC(=O)c1ccc2c(c1)CNCC2. The van der Waals surface area contributed by atoms with Crippen LogP contribution in [0.4, 0.5) is 0 Å². The topological polar surface area (TPSA) is 41.1 Å². The normalized spacial score (nSPS) is 13.6. The maximum absolute atomic E-state index is 11.8. The molecule has 0 saturated heterocycles. The van der Waals surface area contributed by atoms with Crippen LogP contribution < -0.4 is 10.6 Å². The highest BCUT2D eigenvalue weighted by molar-refractivity contribution is 5.94. The molecule has 1 aliphatic heterocycles. The van der Waals surface area contributed by atoms with Crippen molar-refractivity contribution in [1.82, 2.24) is 10.6 Å². The maximum Gasteiger partial charge on any atom is 0.251 e. The lowest BCUT2D eigenvalue weighted by Crippen LogP contribution is -2.26. The van der Waals surface area contributed by atoms with Crippen LogP contribution in [0.2, 0.25) is 0 Å². The molecule has 88 valence electrons. The Morgan fingerprint density at radius 1 is 1.47 bits per heavy atom. The Labute approximate surface area is 102 Å². The maximum atomic E-state index is 11.8. The molecule has 3 heteroatoms. The molecule has 0 fully saturated rings. The van der Waals surface area contributed by atoms with Crippen LogP contribution in [0, 0.1) is 12.3 Å². The van der Waals surface area contributed by atoms with Crippen LogP contribution in [0.3, 0.4) is 0 Å². The zero-order chi connectivity index (χ0) is 12.1. The molecular weight excluding hydrogens is 212 g/mol. The van der Waals surface area contributed by atoms with E-state index in [1.807, 2.05) is 18.2 Å². The predicted molar refractivity (Wildman–Crippen MR) is 67.6 cm³/mol. The summed E-state index contributed by atoms with van der Waals surface area (Å²) in [4.78, 5) is 11.8. The van der Waals surface area contributed by atoms with Crippen LogP contribution in [-0.4, -0.2) is 19.0 Å². The van der Waals surface area contributed by atoms with E-state index in [0.717, 1.165) is 19.5 Å². The minimum atomic E-state index is -0.0476. The van der Waals surface area contributed by atoms with Gasteiger partial charge in [-0.05, 0) is 36.2 Å². The first-order valence-electron chi connectivity index (χ1n) is 5.85. The highest BCUT2D eigenvalue weighted by Crippen LogP contribution is 2.15. The number of amides is 1. The number of nitrogens with one attached hydrogen (secondary N) is 2. The van der Waals surface area contributed by atoms with Gasteiger partial charge in [-0.1, -0.05) is 6.07 Å². The molecule has 1 aromatic carbocycles. The van der Waals surface area contributed by atoms with Gasteiger partial charge in [0, 0.05) is 25.1 Å². The number of hydrogen-bond acceptors (Lipinski definition) is 2. The fourth-order valence-corrected chi connectivity index (χ4v) is 1.97. The molecule has 1 heterocycles. The molecule has 0 spiro atoms. The molecule has 1 aromatic rings. The Morgan fingerprint density at radius 2 is 2.35 bits per heavy atom. The molecule has 0 aliphatic carbocycles. The second kappa shape index (κ2) is 5.51. The largest absolute Gasteiger partial charge is 0.351 e. The van der Waals surface area contributed by atoms with E-state index in [1.54, 1.807) is 0 Å². The number of benzene rings is 1. The first-order valence-corrected chi connectivity index (χ1v) is 5.85. The van der Waals surface area contributed by atoms with Gasteiger partial charge in [0.1, 0.15) is 0 Å². The van der Waals surface area contributed by atoms with E-state index in [-0.39, 0.29) is 5.91 Å². The van der Waals surface area contributed by atoms with Gasteiger partial charge in [-0.3, -0.25) is 4.79 Å². The van der Waals surface area contributed by atoms with Crippen LogP contribution in [0.5, 0.6) is 0 Å². The average Bonchev–Trinajstić information content (AvgIpc) is 2.38. The van der Waals surface area contributed by atoms with Gasteiger partial charge in [0.05, 0.1) is 0 Å². The molecule has 0 radical (unpaired) electrons. The number of rotatable bonds is 3. The first-order chi connectivity index (χ1) is 8.31. The van der Waals surface area contributed by atoms with Crippen molar-refractivity contribution < 1.29 is 4.79 Å². The summed E-state index contributed by atoms with van der Waals surface area (Å²) in [6, 6.07) is 5.90. The molecule has 0 aromatic heterocycles. The summed E-state index contributed by atoms with van der Waals surface area (Å²) in [5.41, 5.74) is 3.27. The van der Waals surface area contributed by atoms with Gasteiger partial charge in [-0.15, -0.1) is 12.3 Å². The zero-order valence-corrected chi connectivity index (χ0v) is 9.75. The summed E-state index contributed by atoms with van der Waals surface area (Å²) in [5, 5.41) is 6.11. The van der Waals surface area contributed by atoms with E-state index in [0.29, 0.717) is 18.5 Å². The Balaban J connectivity index is 2.06. The van der Waals surface area contributed by atoms with Crippen molar-refractivity contribution in [3.05, 3.63) is 34.9 Å². The third-order valence-electron chi connectivity index (χ3n) is 2.91. The highest BCUT2D eigenvalue weighted by atomic mass is 16.1. The van der Waals surface area contributed by atoms with E-state index in [2.05, 4.69) is 16.6 Å². The van der Waals surface area contributed by atoms with Crippen LogP contribution in [-0.2, 0) is 13.0 Å². The van der Waals surface area contributed by atoms with E-state index >= 15 is 0 Å². The molecule has 0 unspecified atom stereocenters. The Bertz CT molecular complexity index is 460. The van der Waals surface area contributed by atoms with E-state index in [1.165, 1.54) is 11.1 Å². The lowest BCUT2D eigenvalue weighted by molar-refractivity contribution is 0.0954. The molecule has 0 saturated carbocycles. The van der Waals surface area contributed by atoms with Crippen molar-refractivity contribution in [2.45, 2.75) is 19.4 Å². The molecule has 2 N–H and O–H groups in total. The Kier molecular flexibility index (Phi) is 3.79. The first kappa shape index (κ1) is 11.7. The third kappa shape index (κ3) is 2.86. The quantitative estimate of drug-likeness (QED) is 0.600. The van der Waals surface area contributed by atoms with E-state index < -0.39 is 0 Å². The van der Waals surface area contributed by atoms with Crippen LogP contribution >= 0.6 is 0 Å². The monoisotopic (exact) mass is 228 g/mol. The second-order valence-corrected chi connectivity index (χ2v) is 4.12. The lowest BCUT2D eigenvalue weighted by atomic mass is 9.98. The average molecular weight is 228 g/mol. The van der Waals surface area contributed by atoms with Crippen molar-refractivity contribution in [3.8, 4) is 12.3 Å². The van der Waals surface area contributed by atoms with Crippen molar-refractivity contribution in [1.29, 1.82) is 0 Å². The highest BCUT2D eigenvalue weighted by Gasteiger charge is 2.11. The van der Waals surface area contributed by atoms with Crippen molar-refractivity contribution in [2.24, 2.45) is 0 Å².